The first-order valence-electron chi connectivity index (χ1n) is 10.5. The second-order valence-electron chi connectivity index (χ2n) is 8.78. The first kappa shape index (κ1) is 17.3. The number of rotatable bonds is 2. The van der Waals surface area contributed by atoms with Gasteiger partial charge in [-0.2, -0.15) is 0 Å². The Balaban J connectivity index is 1.45. The molecule has 1 aliphatic carbocycles. The third-order valence-electron chi connectivity index (χ3n) is 6.58. The first-order valence-corrected chi connectivity index (χ1v) is 10.5. The zero-order valence-electron chi connectivity index (χ0n) is 17.2. The summed E-state index contributed by atoms with van der Waals surface area (Å²) in [6.45, 7) is 4.70. The Hall–Kier alpha value is -3.58. The van der Waals surface area contributed by atoms with E-state index < -0.39 is 0 Å². The van der Waals surface area contributed by atoms with Gasteiger partial charge in [0.05, 0.1) is 0 Å². The van der Waals surface area contributed by atoms with Crippen molar-refractivity contribution in [2.24, 2.45) is 0 Å². The van der Waals surface area contributed by atoms with Gasteiger partial charge in [-0.1, -0.05) is 86.6 Å². The fraction of sp³-hybridized carbons (Fsp3) is 0.103. The van der Waals surface area contributed by atoms with Gasteiger partial charge in [0, 0.05) is 16.8 Å². The first-order chi connectivity index (χ1) is 14.6. The summed E-state index contributed by atoms with van der Waals surface area (Å²) in [7, 11) is 0. The minimum absolute atomic E-state index is 0.0351. The lowest BCUT2D eigenvalue weighted by Gasteiger charge is -2.23. The number of anilines is 2. The zero-order chi connectivity index (χ0) is 20.3. The van der Waals surface area contributed by atoms with Crippen molar-refractivity contribution in [3.05, 3.63) is 108 Å². The maximum Gasteiger partial charge on any atom is 0.0390 e. The van der Waals surface area contributed by atoms with Crippen LogP contribution >= 0.6 is 0 Å². The van der Waals surface area contributed by atoms with E-state index in [4.69, 9.17) is 0 Å². The van der Waals surface area contributed by atoms with E-state index in [1.807, 2.05) is 0 Å². The van der Waals surface area contributed by atoms with Gasteiger partial charge in [0.25, 0.3) is 0 Å². The van der Waals surface area contributed by atoms with Gasteiger partial charge in [-0.05, 0) is 68.1 Å². The molecule has 0 fully saturated rings. The van der Waals surface area contributed by atoms with Crippen LogP contribution in [0, 0.1) is 0 Å². The predicted molar refractivity (Wildman–Crippen MR) is 129 cm³/mol. The Morgan fingerprint density at radius 1 is 0.567 bits per heavy atom. The molecule has 1 heteroatoms. The van der Waals surface area contributed by atoms with E-state index in [0.717, 1.165) is 11.4 Å². The van der Waals surface area contributed by atoms with E-state index in [2.05, 4.69) is 116 Å². The highest BCUT2D eigenvalue weighted by molar-refractivity contribution is 5.98. The van der Waals surface area contributed by atoms with E-state index in [0.29, 0.717) is 0 Å². The number of hydrogen-bond donors (Lipinski definition) is 1. The van der Waals surface area contributed by atoms with Crippen LogP contribution in [0.3, 0.4) is 0 Å². The largest absolute Gasteiger partial charge is 0.355 e. The Morgan fingerprint density at radius 2 is 1.20 bits per heavy atom. The third kappa shape index (κ3) is 2.48. The molecule has 0 saturated carbocycles. The number of hydrogen-bond acceptors (Lipinski definition) is 1. The summed E-state index contributed by atoms with van der Waals surface area (Å²) in [4.78, 5) is 0. The maximum atomic E-state index is 3.63. The Kier molecular flexibility index (Phi) is 3.58. The van der Waals surface area contributed by atoms with Crippen molar-refractivity contribution in [1.82, 2.24) is 0 Å². The van der Waals surface area contributed by atoms with Gasteiger partial charge >= 0.3 is 0 Å². The second kappa shape index (κ2) is 6.21. The maximum absolute atomic E-state index is 3.63. The van der Waals surface area contributed by atoms with Crippen molar-refractivity contribution < 1.29 is 0 Å². The summed E-state index contributed by atoms with van der Waals surface area (Å²) >= 11 is 0. The number of fused-ring (bicyclic) bond motifs is 6. The third-order valence-corrected chi connectivity index (χ3v) is 6.58. The molecule has 0 bridgehead atoms. The van der Waals surface area contributed by atoms with Crippen molar-refractivity contribution in [1.29, 1.82) is 0 Å². The standard InChI is InChI=1S/C29H23N/c1-29(2)27-18-23(30-22-13-11-19-7-3-4-9-21(19)17-22)14-16-25(27)26-15-12-20-8-5-6-10-24(20)28(26)29/h3-18,30H,1-2H3. The minimum Gasteiger partial charge on any atom is -0.355 e. The van der Waals surface area contributed by atoms with Crippen molar-refractivity contribution in [2.45, 2.75) is 19.3 Å². The zero-order valence-corrected chi connectivity index (χ0v) is 17.2. The molecular formula is C29H23N. The predicted octanol–water partition coefficient (Wildman–Crippen LogP) is 8.04. The van der Waals surface area contributed by atoms with E-state index in [1.54, 1.807) is 0 Å². The molecule has 1 aliphatic rings. The van der Waals surface area contributed by atoms with Crippen LogP contribution in [0.4, 0.5) is 11.4 Å². The van der Waals surface area contributed by atoms with Gasteiger partial charge in [0.15, 0.2) is 0 Å². The molecule has 6 rings (SSSR count). The van der Waals surface area contributed by atoms with Crippen LogP contribution < -0.4 is 5.32 Å². The SMILES string of the molecule is CC1(C)c2cc(Nc3ccc4ccccc4c3)ccc2-c2ccc3ccccc3c21. The van der Waals surface area contributed by atoms with Crippen molar-refractivity contribution >= 4 is 32.9 Å². The molecule has 0 aliphatic heterocycles. The fourth-order valence-electron chi connectivity index (χ4n) is 5.11. The summed E-state index contributed by atoms with van der Waals surface area (Å²) in [5, 5.41) is 8.82. The van der Waals surface area contributed by atoms with Crippen LogP contribution in [0.25, 0.3) is 32.7 Å². The monoisotopic (exact) mass is 385 g/mol. The molecule has 0 atom stereocenters. The summed E-state index contributed by atoms with van der Waals surface area (Å²) in [5.41, 5.74) is 7.77. The van der Waals surface area contributed by atoms with Gasteiger partial charge in [-0.3, -0.25) is 0 Å². The summed E-state index contributed by atoms with van der Waals surface area (Å²) in [6, 6.07) is 35.1. The van der Waals surface area contributed by atoms with Crippen LogP contribution in [-0.2, 0) is 5.41 Å². The lowest BCUT2D eigenvalue weighted by Crippen LogP contribution is -2.15. The summed E-state index contributed by atoms with van der Waals surface area (Å²) in [5.74, 6) is 0. The summed E-state index contributed by atoms with van der Waals surface area (Å²) < 4.78 is 0. The van der Waals surface area contributed by atoms with Crippen molar-refractivity contribution in [3.8, 4) is 11.1 Å². The number of benzene rings is 5. The average molecular weight is 386 g/mol. The molecule has 0 saturated heterocycles. The lowest BCUT2D eigenvalue weighted by molar-refractivity contribution is 0.666. The molecule has 1 nitrogen and oxygen atoms in total. The molecule has 0 aromatic heterocycles. The average Bonchev–Trinajstić information content (AvgIpc) is 3.01. The molecule has 0 unspecified atom stereocenters. The quantitative estimate of drug-likeness (QED) is 0.324. The highest BCUT2D eigenvalue weighted by Crippen LogP contribution is 2.51. The van der Waals surface area contributed by atoms with Gasteiger partial charge in [0.2, 0.25) is 0 Å². The van der Waals surface area contributed by atoms with Crippen molar-refractivity contribution in [2.75, 3.05) is 5.32 Å². The number of nitrogens with one attached hydrogen (secondary N) is 1. The van der Waals surface area contributed by atoms with E-state index in [-0.39, 0.29) is 5.41 Å². The van der Waals surface area contributed by atoms with Gasteiger partial charge in [0.1, 0.15) is 0 Å². The molecule has 144 valence electrons. The van der Waals surface area contributed by atoms with Gasteiger partial charge in [-0.25, -0.2) is 0 Å². The van der Waals surface area contributed by atoms with Crippen LogP contribution in [0.5, 0.6) is 0 Å². The van der Waals surface area contributed by atoms with E-state index in [9.17, 15) is 0 Å². The van der Waals surface area contributed by atoms with Gasteiger partial charge < -0.3 is 5.32 Å². The Morgan fingerprint density at radius 3 is 2.07 bits per heavy atom. The highest BCUT2D eigenvalue weighted by atomic mass is 14.9. The normalized spacial score (nSPS) is 13.9. The minimum atomic E-state index is -0.0351. The molecule has 0 heterocycles. The van der Waals surface area contributed by atoms with Crippen LogP contribution in [-0.4, -0.2) is 0 Å². The fourth-order valence-corrected chi connectivity index (χ4v) is 5.11. The molecule has 0 radical (unpaired) electrons. The van der Waals surface area contributed by atoms with Crippen LogP contribution in [0.15, 0.2) is 97.1 Å². The van der Waals surface area contributed by atoms with Crippen LogP contribution in [0.2, 0.25) is 0 Å². The molecule has 30 heavy (non-hydrogen) atoms. The Bertz CT molecular complexity index is 1440. The van der Waals surface area contributed by atoms with Crippen molar-refractivity contribution in [3.63, 3.8) is 0 Å². The van der Waals surface area contributed by atoms with E-state index in [1.165, 1.54) is 43.8 Å². The summed E-state index contributed by atoms with van der Waals surface area (Å²) in [6.07, 6.45) is 0. The molecular weight excluding hydrogens is 362 g/mol. The second-order valence-corrected chi connectivity index (χ2v) is 8.78. The lowest BCUT2D eigenvalue weighted by atomic mass is 9.80. The molecule has 0 spiro atoms. The molecule has 0 amide bonds. The Labute approximate surface area is 177 Å². The molecule has 5 aromatic carbocycles. The van der Waals surface area contributed by atoms with Gasteiger partial charge in [-0.15, -0.1) is 0 Å². The topological polar surface area (TPSA) is 12.0 Å². The van der Waals surface area contributed by atoms with Crippen LogP contribution in [0.1, 0.15) is 25.0 Å². The molecule has 1 N–H and O–H groups in total. The molecule has 5 aromatic rings. The van der Waals surface area contributed by atoms with E-state index >= 15 is 0 Å². The smallest absolute Gasteiger partial charge is 0.0390 e. The highest BCUT2D eigenvalue weighted by Gasteiger charge is 2.36.